The number of carbonyl (C=O) groups is 2. The maximum atomic E-state index is 12.1. The molecule has 2 aliphatic rings. The number of carbonyl (C=O) groups excluding carboxylic acids is 2. The van der Waals surface area contributed by atoms with Gasteiger partial charge in [0.25, 0.3) is 5.56 Å². The molecule has 8 nitrogen and oxygen atoms in total. The third-order valence-corrected chi connectivity index (χ3v) is 3.83. The van der Waals surface area contributed by atoms with E-state index >= 15 is 0 Å². The van der Waals surface area contributed by atoms with Crippen LogP contribution < -0.4 is 10.9 Å². The Morgan fingerprint density at radius 3 is 2.90 bits per heavy atom. The molecular formula is C13H17N5O3. The fraction of sp³-hybridized carbons (Fsp3) is 0.538. The highest BCUT2D eigenvalue weighted by atomic mass is 16.2. The van der Waals surface area contributed by atoms with Crippen LogP contribution >= 0.6 is 0 Å². The molecule has 3 amide bonds. The zero-order valence-corrected chi connectivity index (χ0v) is 11.8. The zero-order valence-electron chi connectivity index (χ0n) is 11.8. The summed E-state index contributed by atoms with van der Waals surface area (Å²) < 4.78 is 1.33. The van der Waals surface area contributed by atoms with Crippen molar-refractivity contribution in [3.8, 4) is 0 Å². The average Bonchev–Trinajstić information content (AvgIpc) is 2.87. The molecule has 0 radical (unpaired) electrons. The zero-order chi connectivity index (χ0) is 15.0. The van der Waals surface area contributed by atoms with Gasteiger partial charge in [-0.05, 0) is 5.56 Å². The Morgan fingerprint density at radius 2 is 2.19 bits per heavy atom. The number of rotatable bonds is 2. The molecule has 21 heavy (non-hydrogen) atoms. The molecule has 1 aromatic heterocycles. The fourth-order valence-corrected chi connectivity index (χ4v) is 2.67. The number of amides is 3. The van der Waals surface area contributed by atoms with E-state index in [1.165, 1.54) is 9.58 Å². The second-order valence-corrected chi connectivity index (χ2v) is 5.32. The van der Waals surface area contributed by atoms with Crippen LogP contribution in [0.15, 0.2) is 10.9 Å². The topological polar surface area (TPSA) is 87.5 Å². The molecule has 0 bridgehead atoms. The van der Waals surface area contributed by atoms with E-state index in [9.17, 15) is 14.4 Å². The summed E-state index contributed by atoms with van der Waals surface area (Å²) in [4.78, 5) is 38.4. The Bertz CT molecular complexity index is 654. The summed E-state index contributed by atoms with van der Waals surface area (Å²) in [5.74, 6) is -0.203. The Balaban J connectivity index is 1.69. The van der Waals surface area contributed by atoms with Crippen molar-refractivity contribution in [1.82, 2.24) is 24.9 Å². The fourth-order valence-electron chi connectivity index (χ4n) is 2.67. The smallest absolute Gasteiger partial charge is 0.324 e. The molecule has 1 fully saturated rings. The summed E-state index contributed by atoms with van der Waals surface area (Å²) in [6.07, 6.45) is 0.697. The standard InChI is InChI=1S/C13H17N5O3/c1-16-11(19)6-9-7-17(4-2-10(9)15-16)8-12(20)18-5-3-14-13(18)21/h6H,2-5,7-8H2,1H3,(H,14,21). The normalized spacial score (nSPS) is 18.5. The molecule has 0 unspecified atom stereocenters. The quantitative estimate of drug-likeness (QED) is 0.731. The Hall–Kier alpha value is -2.22. The Labute approximate surface area is 121 Å². The third-order valence-electron chi connectivity index (χ3n) is 3.83. The van der Waals surface area contributed by atoms with Crippen LogP contribution in [0.2, 0.25) is 0 Å². The van der Waals surface area contributed by atoms with E-state index in [0.29, 0.717) is 32.6 Å². The number of hydrogen-bond donors (Lipinski definition) is 1. The van der Waals surface area contributed by atoms with Crippen molar-refractivity contribution in [2.75, 3.05) is 26.2 Å². The van der Waals surface area contributed by atoms with Crippen LogP contribution in [0.3, 0.4) is 0 Å². The molecule has 3 rings (SSSR count). The van der Waals surface area contributed by atoms with Crippen molar-refractivity contribution in [2.24, 2.45) is 7.05 Å². The van der Waals surface area contributed by atoms with Crippen LogP contribution in [0.4, 0.5) is 4.79 Å². The second-order valence-electron chi connectivity index (χ2n) is 5.32. The van der Waals surface area contributed by atoms with Gasteiger partial charge >= 0.3 is 6.03 Å². The van der Waals surface area contributed by atoms with E-state index < -0.39 is 0 Å². The average molecular weight is 291 g/mol. The predicted octanol–water partition coefficient (Wildman–Crippen LogP) is -1.31. The van der Waals surface area contributed by atoms with E-state index in [-0.39, 0.29) is 24.0 Å². The molecule has 3 heterocycles. The number of urea groups is 1. The van der Waals surface area contributed by atoms with Crippen LogP contribution in [0.5, 0.6) is 0 Å². The lowest BCUT2D eigenvalue weighted by Crippen LogP contribution is -2.44. The number of imide groups is 1. The number of hydrogen-bond acceptors (Lipinski definition) is 5. The number of aryl methyl sites for hydroxylation is 1. The van der Waals surface area contributed by atoms with Crippen molar-refractivity contribution >= 4 is 11.9 Å². The molecule has 0 aromatic carbocycles. The molecule has 0 saturated carbocycles. The van der Waals surface area contributed by atoms with E-state index in [0.717, 1.165) is 11.3 Å². The molecule has 1 N–H and O–H groups in total. The molecule has 0 atom stereocenters. The van der Waals surface area contributed by atoms with Gasteiger partial charge in [0.15, 0.2) is 0 Å². The lowest BCUT2D eigenvalue weighted by Gasteiger charge is -2.28. The predicted molar refractivity (Wildman–Crippen MR) is 73.6 cm³/mol. The maximum Gasteiger partial charge on any atom is 0.324 e. The van der Waals surface area contributed by atoms with Crippen molar-refractivity contribution in [2.45, 2.75) is 13.0 Å². The van der Waals surface area contributed by atoms with Gasteiger partial charge in [-0.25, -0.2) is 9.48 Å². The first kappa shape index (κ1) is 13.7. The summed E-state index contributed by atoms with van der Waals surface area (Å²) in [6, 6.07) is 1.24. The monoisotopic (exact) mass is 291 g/mol. The van der Waals surface area contributed by atoms with E-state index in [1.54, 1.807) is 13.1 Å². The van der Waals surface area contributed by atoms with E-state index in [2.05, 4.69) is 10.4 Å². The highest BCUT2D eigenvalue weighted by Gasteiger charge is 2.28. The lowest BCUT2D eigenvalue weighted by molar-refractivity contribution is -0.129. The molecule has 0 spiro atoms. The number of fused-ring (bicyclic) bond motifs is 1. The van der Waals surface area contributed by atoms with Crippen molar-refractivity contribution in [3.05, 3.63) is 27.7 Å². The summed E-state index contributed by atoms with van der Waals surface area (Å²) in [5, 5.41) is 6.85. The minimum absolute atomic E-state index is 0.152. The van der Waals surface area contributed by atoms with Crippen LogP contribution in [0.1, 0.15) is 11.3 Å². The molecule has 2 aliphatic heterocycles. The van der Waals surface area contributed by atoms with E-state index in [4.69, 9.17) is 0 Å². The van der Waals surface area contributed by atoms with Crippen molar-refractivity contribution in [1.29, 1.82) is 0 Å². The number of nitrogens with zero attached hydrogens (tertiary/aromatic N) is 4. The molecule has 112 valence electrons. The minimum Gasteiger partial charge on any atom is -0.336 e. The maximum absolute atomic E-state index is 12.1. The highest BCUT2D eigenvalue weighted by molar-refractivity contribution is 5.96. The SMILES string of the molecule is Cn1nc2c(cc1=O)CN(CC(=O)N1CCNC1=O)CC2. The number of aromatic nitrogens is 2. The van der Waals surface area contributed by atoms with Gasteiger partial charge in [0.2, 0.25) is 5.91 Å². The summed E-state index contributed by atoms with van der Waals surface area (Å²) in [6.45, 7) is 2.32. The largest absolute Gasteiger partial charge is 0.336 e. The van der Waals surface area contributed by atoms with Crippen LogP contribution in [0.25, 0.3) is 0 Å². The Morgan fingerprint density at radius 1 is 1.38 bits per heavy atom. The van der Waals surface area contributed by atoms with Crippen LogP contribution in [0, 0.1) is 0 Å². The first-order valence-corrected chi connectivity index (χ1v) is 6.91. The van der Waals surface area contributed by atoms with Crippen LogP contribution in [-0.2, 0) is 24.8 Å². The van der Waals surface area contributed by atoms with Crippen molar-refractivity contribution in [3.63, 3.8) is 0 Å². The summed E-state index contributed by atoms with van der Waals surface area (Å²) in [5.41, 5.74) is 1.61. The van der Waals surface area contributed by atoms with Gasteiger partial charge in [-0.1, -0.05) is 0 Å². The first-order chi connectivity index (χ1) is 10.0. The third kappa shape index (κ3) is 2.66. The molecule has 8 heteroatoms. The molecular weight excluding hydrogens is 274 g/mol. The van der Waals surface area contributed by atoms with Gasteiger partial charge in [0.05, 0.1) is 12.2 Å². The Kier molecular flexibility index (Phi) is 3.46. The molecule has 1 saturated heterocycles. The lowest BCUT2D eigenvalue weighted by atomic mass is 10.1. The van der Waals surface area contributed by atoms with Crippen LogP contribution in [-0.4, -0.2) is 57.7 Å². The minimum atomic E-state index is -0.326. The van der Waals surface area contributed by atoms with Gasteiger partial charge in [0.1, 0.15) is 0 Å². The van der Waals surface area contributed by atoms with Gasteiger partial charge in [-0.3, -0.25) is 19.4 Å². The molecule has 1 aromatic rings. The van der Waals surface area contributed by atoms with E-state index in [1.807, 2.05) is 4.90 Å². The van der Waals surface area contributed by atoms with Gasteiger partial charge in [-0.2, -0.15) is 5.10 Å². The molecule has 0 aliphatic carbocycles. The van der Waals surface area contributed by atoms with Gasteiger partial charge < -0.3 is 5.32 Å². The summed E-state index contributed by atoms with van der Waals surface area (Å²) >= 11 is 0. The second kappa shape index (κ2) is 5.28. The van der Waals surface area contributed by atoms with Gasteiger partial charge in [-0.15, -0.1) is 0 Å². The van der Waals surface area contributed by atoms with Crippen molar-refractivity contribution < 1.29 is 9.59 Å². The van der Waals surface area contributed by atoms with Gasteiger partial charge in [0, 0.05) is 45.7 Å². The first-order valence-electron chi connectivity index (χ1n) is 6.91. The summed E-state index contributed by atoms with van der Waals surface area (Å²) in [7, 11) is 1.63. The number of nitrogens with one attached hydrogen (secondary N) is 1. The highest BCUT2D eigenvalue weighted by Crippen LogP contribution is 2.15.